The quantitative estimate of drug-likeness (QED) is 0.731. The second-order valence-electron chi connectivity index (χ2n) is 4.08. The van der Waals surface area contributed by atoms with Gasteiger partial charge in [-0.25, -0.2) is 9.78 Å². The Morgan fingerprint density at radius 1 is 1.58 bits per heavy atom. The molecule has 1 heterocycles. The monoisotopic (exact) mass is 277 g/mol. The second kappa shape index (κ2) is 5.71. The zero-order valence-corrected chi connectivity index (χ0v) is 11.3. The molecule has 0 aliphatic rings. The molecule has 1 atom stereocenters. The van der Waals surface area contributed by atoms with Crippen LogP contribution in [0.5, 0.6) is 0 Å². The Morgan fingerprint density at radius 3 is 2.89 bits per heavy atom. The van der Waals surface area contributed by atoms with Gasteiger partial charge in [-0.05, 0) is 24.6 Å². The van der Waals surface area contributed by atoms with E-state index < -0.39 is 5.97 Å². The molecular weight excluding hydrogens is 262 g/mol. The highest BCUT2D eigenvalue weighted by atomic mass is 32.1. The third kappa shape index (κ3) is 3.03. The van der Waals surface area contributed by atoms with E-state index in [0.717, 1.165) is 17.1 Å². The van der Waals surface area contributed by atoms with Gasteiger partial charge in [0.2, 0.25) is 0 Å². The van der Waals surface area contributed by atoms with Crippen LogP contribution in [-0.4, -0.2) is 16.1 Å². The normalized spacial score (nSPS) is 12.1. The van der Waals surface area contributed by atoms with E-state index in [1.807, 2.05) is 5.38 Å². The molecule has 0 fully saturated rings. The number of aromatic carboxylic acids is 1. The summed E-state index contributed by atoms with van der Waals surface area (Å²) in [7, 11) is 0. The minimum absolute atomic E-state index is 0.107. The number of rotatable bonds is 5. The van der Waals surface area contributed by atoms with Crippen LogP contribution in [0.25, 0.3) is 0 Å². The maximum absolute atomic E-state index is 10.9. The van der Waals surface area contributed by atoms with E-state index in [-0.39, 0.29) is 17.3 Å². The molecule has 0 bridgehead atoms. The zero-order chi connectivity index (χ0) is 13.8. The maximum Gasteiger partial charge on any atom is 0.337 e. The lowest BCUT2D eigenvalue weighted by Gasteiger charge is -2.16. The molecule has 1 aromatic heterocycles. The first-order chi connectivity index (χ1) is 9.11. The van der Waals surface area contributed by atoms with E-state index in [1.165, 1.54) is 6.07 Å². The molecule has 0 radical (unpaired) electrons. The van der Waals surface area contributed by atoms with E-state index in [0.29, 0.717) is 0 Å². The fourth-order valence-electron chi connectivity index (χ4n) is 1.79. The van der Waals surface area contributed by atoms with Gasteiger partial charge in [0.1, 0.15) is 5.01 Å². The maximum atomic E-state index is 10.9. The van der Waals surface area contributed by atoms with Crippen molar-refractivity contribution >= 4 is 28.7 Å². The summed E-state index contributed by atoms with van der Waals surface area (Å²) in [6, 6.07) is 4.97. The van der Waals surface area contributed by atoms with Gasteiger partial charge in [0.05, 0.1) is 11.6 Å². The van der Waals surface area contributed by atoms with Gasteiger partial charge in [-0.1, -0.05) is 6.92 Å². The number of carboxylic acid groups (broad SMARTS) is 1. The van der Waals surface area contributed by atoms with Gasteiger partial charge in [0, 0.05) is 23.0 Å². The summed E-state index contributed by atoms with van der Waals surface area (Å²) in [5, 5.41) is 15.2. The molecule has 5 nitrogen and oxygen atoms in total. The van der Waals surface area contributed by atoms with E-state index in [4.69, 9.17) is 10.8 Å². The van der Waals surface area contributed by atoms with Gasteiger partial charge >= 0.3 is 5.97 Å². The Hall–Kier alpha value is -2.08. The molecule has 0 aliphatic heterocycles. The van der Waals surface area contributed by atoms with Crippen molar-refractivity contribution in [3.05, 3.63) is 40.3 Å². The van der Waals surface area contributed by atoms with Crippen molar-refractivity contribution in [2.45, 2.75) is 19.4 Å². The number of nitrogens with two attached hydrogens (primary N) is 1. The Kier molecular flexibility index (Phi) is 4.01. The molecule has 0 saturated heterocycles. The number of thiazole rings is 1. The Bertz CT molecular complexity index is 569. The SMILES string of the molecule is CCC(Nc1ccc(C(=O)O)c(N)c1)c1nccs1. The van der Waals surface area contributed by atoms with Crippen LogP contribution in [-0.2, 0) is 0 Å². The lowest BCUT2D eigenvalue weighted by atomic mass is 10.1. The number of carbonyl (C=O) groups is 1. The number of nitrogens with zero attached hydrogens (tertiary/aromatic N) is 1. The van der Waals surface area contributed by atoms with E-state index in [2.05, 4.69) is 17.2 Å². The highest BCUT2D eigenvalue weighted by molar-refractivity contribution is 7.09. The predicted molar refractivity (Wildman–Crippen MR) is 76.6 cm³/mol. The van der Waals surface area contributed by atoms with Crippen LogP contribution in [0.3, 0.4) is 0 Å². The third-order valence-electron chi connectivity index (χ3n) is 2.78. The zero-order valence-electron chi connectivity index (χ0n) is 10.5. The number of carboxylic acids is 1. The predicted octanol–water partition coefficient (Wildman–Crippen LogP) is 2.99. The minimum atomic E-state index is -1.02. The summed E-state index contributed by atoms with van der Waals surface area (Å²) in [5.74, 6) is -1.02. The summed E-state index contributed by atoms with van der Waals surface area (Å²) in [4.78, 5) is 15.2. The summed E-state index contributed by atoms with van der Waals surface area (Å²) in [5.41, 5.74) is 6.89. The van der Waals surface area contributed by atoms with Crippen molar-refractivity contribution in [1.29, 1.82) is 0 Å². The van der Waals surface area contributed by atoms with Crippen LogP contribution < -0.4 is 11.1 Å². The van der Waals surface area contributed by atoms with Gasteiger partial charge in [-0.2, -0.15) is 0 Å². The molecular formula is C13H15N3O2S. The van der Waals surface area contributed by atoms with Crippen molar-refractivity contribution < 1.29 is 9.90 Å². The molecule has 4 N–H and O–H groups in total. The molecule has 6 heteroatoms. The number of hydrogen-bond acceptors (Lipinski definition) is 5. The molecule has 1 unspecified atom stereocenters. The van der Waals surface area contributed by atoms with Crippen molar-refractivity contribution in [3.63, 3.8) is 0 Å². The molecule has 0 spiro atoms. The smallest absolute Gasteiger partial charge is 0.337 e. The molecule has 1 aromatic carbocycles. The number of nitrogens with one attached hydrogen (secondary N) is 1. The third-order valence-corrected chi connectivity index (χ3v) is 3.67. The van der Waals surface area contributed by atoms with Crippen molar-refractivity contribution in [3.8, 4) is 0 Å². The van der Waals surface area contributed by atoms with E-state index >= 15 is 0 Å². The average Bonchev–Trinajstić information content (AvgIpc) is 2.89. The van der Waals surface area contributed by atoms with Gasteiger partial charge < -0.3 is 16.2 Å². The van der Waals surface area contributed by atoms with Crippen LogP contribution in [0, 0.1) is 0 Å². The molecule has 19 heavy (non-hydrogen) atoms. The van der Waals surface area contributed by atoms with Crippen LogP contribution in [0.4, 0.5) is 11.4 Å². The summed E-state index contributed by atoms with van der Waals surface area (Å²) < 4.78 is 0. The molecule has 0 saturated carbocycles. The number of nitrogen functional groups attached to an aromatic ring is 1. The Labute approximate surface area is 115 Å². The summed E-state index contributed by atoms with van der Waals surface area (Å²) >= 11 is 1.59. The topological polar surface area (TPSA) is 88.2 Å². The Morgan fingerprint density at radius 2 is 2.37 bits per heavy atom. The van der Waals surface area contributed by atoms with Crippen LogP contribution in [0.2, 0.25) is 0 Å². The van der Waals surface area contributed by atoms with E-state index in [9.17, 15) is 4.79 Å². The van der Waals surface area contributed by atoms with Crippen molar-refractivity contribution in [2.24, 2.45) is 0 Å². The van der Waals surface area contributed by atoms with Gasteiger partial charge in [-0.15, -0.1) is 11.3 Å². The van der Waals surface area contributed by atoms with Gasteiger partial charge in [0.15, 0.2) is 0 Å². The molecule has 0 aliphatic carbocycles. The average molecular weight is 277 g/mol. The minimum Gasteiger partial charge on any atom is -0.478 e. The number of aromatic nitrogens is 1. The molecule has 0 amide bonds. The second-order valence-corrected chi connectivity index (χ2v) is 5.01. The first kappa shape index (κ1) is 13.4. The number of benzene rings is 1. The van der Waals surface area contributed by atoms with Crippen molar-refractivity contribution in [1.82, 2.24) is 4.98 Å². The van der Waals surface area contributed by atoms with Gasteiger partial charge in [-0.3, -0.25) is 0 Å². The molecule has 100 valence electrons. The van der Waals surface area contributed by atoms with Crippen LogP contribution in [0.15, 0.2) is 29.8 Å². The summed E-state index contributed by atoms with van der Waals surface area (Å²) in [6.07, 6.45) is 2.65. The van der Waals surface area contributed by atoms with Crippen LogP contribution in [0.1, 0.15) is 34.8 Å². The summed E-state index contributed by atoms with van der Waals surface area (Å²) in [6.45, 7) is 2.06. The molecule has 2 aromatic rings. The van der Waals surface area contributed by atoms with E-state index in [1.54, 1.807) is 29.7 Å². The number of hydrogen-bond donors (Lipinski definition) is 3. The highest BCUT2D eigenvalue weighted by Crippen LogP contribution is 2.26. The van der Waals surface area contributed by atoms with Crippen molar-refractivity contribution in [2.75, 3.05) is 11.1 Å². The lowest BCUT2D eigenvalue weighted by molar-refractivity contribution is 0.0698. The fraction of sp³-hybridized carbons (Fsp3) is 0.231. The lowest BCUT2D eigenvalue weighted by Crippen LogP contribution is -2.10. The Balaban J connectivity index is 2.19. The first-order valence-electron chi connectivity index (χ1n) is 5.90. The molecule has 2 rings (SSSR count). The first-order valence-corrected chi connectivity index (χ1v) is 6.78. The van der Waals surface area contributed by atoms with Crippen LogP contribution >= 0.6 is 11.3 Å². The standard InChI is InChI=1S/C13H15N3O2S/c1-2-11(12-15-5-6-19-12)16-8-3-4-9(13(17)18)10(14)7-8/h3-7,11,16H,2,14H2,1H3,(H,17,18). The largest absolute Gasteiger partial charge is 0.478 e. The van der Waals surface area contributed by atoms with Gasteiger partial charge in [0.25, 0.3) is 0 Å². The number of anilines is 2. The highest BCUT2D eigenvalue weighted by Gasteiger charge is 2.13. The fourth-order valence-corrected chi connectivity index (χ4v) is 2.57.